The molecule has 4 heteroatoms. The van der Waals surface area contributed by atoms with Crippen LogP contribution < -0.4 is 5.73 Å². The van der Waals surface area contributed by atoms with Gasteiger partial charge in [-0.25, -0.2) is 8.78 Å². The van der Waals surface area contributed by atoms with E-state index in [0.29, 0.717) is 18.6 Å². The number of benzene rings is 1. The largest absolute Gasteiger partial charge is 0.370 e. The van der Waals surface area contributed by atoms with E-state index in [1.807, 2.05) is 0 Å². The fraction of sp³-hybridized carbons (Fsp3) is 0.538. The summed E-state index contributed by atoms with van der Waals surface area (Å²) in [5, 5.41) is 0. The summed E-state index contributed by atoms with van der Waals surface area (Å²) < 4.78 is 33.0. The first-order chi connectivity index (χ1) is 7.92. The van der Waals surface area contributed by atoms with E-state index in [4.69, 9.17) is 10.5 Å². The van der Waals surface area contributed by atoms with Gasteiger partial charge in [0.2, 0.25) is 0 Å². The molecular formula is C13H17F2NO. The Balaban J connectivity index is 2.41. The van der Waals surface area contributed by atoms with Crippen LogP contribution in [0.3, 0.4) is 0 Å². The van der Waals surface area contributed by atoms with E-state index in [1.165, 1.54) is 19.1 Å². The molecule has 0 radical (unpaired) electrons. The van der Waals surface area contributed by atoms with Gasteiger partial charge < -0.3 is 10.5 Å². The third-order valence-electron chi connectivity index (χ3n) is 3.38. The first-order valence-corrected chi connectivity index (χ1v) is 5.78. The number of hydrogen-bond donors (Lipinski definition) is 1. The molecule has 17 heavy (non-hydrogen) atoms. The highest BCUT2D eigenvalue weighted by Gasteiger charge is 2.36. The molecule has 0 saturated carbocycles. The molecule has 2 rings (SSSR count). The van der Waals surface area contributed by atoms with Gasteiger partial charge >= 0.3 is 0 Å². The van der Waals surface area contributed by atoms with Gasteiger partial charge in [-0.3, -0.25) is 0 Å². The predicted molar refractivity (Wildman–Crippen MR) is 61.6 cm³/mol. The van der Waals surface area contributed by atoms with Gasteiger partial charge in [-0.05, 0) is 44.4 Å². The summed E-state index contributed by atoms with van der Waals surface area (Å²) in [6, 6.07) is 2.40. The third-order valence-corrected chi connectivity index (χ3v) is 3.38. The van der Waals surface area contributed by atoms with E-state index in [9.17, 15) is 8.78 Å². The van der Waals surface area contributed by atoms with Gasteiger partial charge in [0.25, 0.3) is 0 Å². The summed E-state index contributed by atoms with van der Waals surface area (Å²) in [6.07, 6.45) is 1.26. The molecule has 2 N–H and O–H groups in total. The molecule has 1 aromatic carbocycles. The fourth-order valence-electron chi connectivity index (χ4n) is 2.34. The zero-order chi connectivity index (χ0) is 12.6. The second-order valence-electron chi connectivity index (χ2n) is 4.91. The van der Waals surface area contributed by atoms with Crippen LogP contribution in [0, 0.1) is 18.6 Å². The van der Waals surface area contributed by atoms with Gasteiger partial charge in [0, 0.05) is 18.2 Å². The van der Waals surface area contributed by atoms with E-state index in [-0.39, 0.29) is 11.6 Å². The number of aryl methyl sites for hydroxylation is 1. The van der Waals surface area contributed by atoms with Crippen LogP contribution in [0.25, 0.3) is 0 Å². The molecule has 94 valence electrons. The van der Waals surface area contributed by atoms with E-state index >= 15 is 0 Å². The Bertz CT molecular complexity index is 436. The molecule has 0 spiro atoms. The Kier molecular flexibility index (Phi) is 3.19. The molecule has 1 heterocycles. The Morgan fingerprint density at radius 3 is 2.71 bits per heavy atom. The number of rotatable bonds is 1. The molecule has 1 fully saturated rings. The van der Waals surface area contributed by atoms with Crippen LogP contribution in [0.1, 0.15) is 30.9 Å². The molecule has 1 aliphatic rings. The smallest absolute Gasteiger partial charge is 0.129 e. The van der Waals surface area contributed by atoms with Crippen molar-refractivity contribution in [1.29, 1.82) is 0 Å². The zero-order valence-electron chi connectivity index (χ0n) is 10.1. The summed E-state index contributed by atoms with van der Waals surface area (Å²) in [7, 11) is 0. The molecule has 2 unspecified atom stereocenters. The highest BCUT2D eigenvalue weighted by molar-refractivity contribution is 5.30. The van der Waals surface area contributed by atoms with Crippen LogP contribution in [-0.4, -0.2) is 12.6 Å². The van der Waals surface area contributed by atoms with Crippen molar-refractivity contribution in [3.8, 4) is 0 Å². The van der Waals surface area contributed by atoms with Crippen molar-refractivity contribution in [2.24, 2.45) is 5.73 Å². The number of ether oxygens (including phenoxy) is 1. The van der Waals surface area contributed by atoms with Crippen molar-refractivity contribution >= 4 is 0 Å². The zero-order valence-corrected chi connectivity index (χ0v) is 10.1. The Morgan fingerprint density at radius 1 is 1.35 bits per heavy atom. The fourth-order valence-corrected chi connectivity index (χ4v) is 2.34. The molecule has 0 aliphatic carbocycles. The van der Waals surface area contributed by atoms with E-state index in [0.717, 1.165) is 6.42 Å². The topological polar surface area (TPSA) is 35.2 Å². The van der Waals surface area contributed by atoms with E-state index in [2.05, 4.69) is 0 Å². The minimum atomic E-state index is -0.823. The lowest BCUT2D eigenvalue weighted by Gasteiger charge is -2.37. The molecule has 1 saturated heterocycles. The quantitative estimate of drug-likeness (QED) is 0.820. The SMILES string of the molecule is Cc1cc(F)c(C2(C)CC(N)CCO2)cc1F. The molecule has 1 aliphatic heterocycles. The van der Waals surface area contributed by atoms with Crippen LogP contribution in [0.4, 0.5) is 8.78 Å². The summed E-state index contributed by atoms with van der Waals surface area (Å²) in [4.78, 5) is 0. The molecular weight excluding hydrogens is 224 g/mol. The third kappa shape index (κ3) is 2.33. The van der Waals surface area contributed by atoms with E-state index in [1.54, 1.807) is 6.92 Å². The number of nitrogens with two attached hydrogens (primary N) is 1. The van der Waals surface area contributed by atoms with E-state index < -0.39 is 17.2 Å². The molecule has 0 amide bonds. The summed E-state index contributed by atoms with van der Waals surface area (Å²) in [5.41, 5.74) is 5.61. The Morgan fingerprint density at radius 2 is 2.06 bits per heavy atom. The number of halogens is 2. The first-order valence-electron chi connectivity index (χ1n) is 5.78. The second kappa shape index (κ2) is 4.35. The van der Waals surface area contributed by atoms with Gasteiger partial charge in [-0.2, -0.15) is 0 Å². The van der Waals surface area contributed by atoms with Crippen LogP contribution in [0.2, 0.25) is 0 Å². The Labute approximate surface area is 99.8 Å². The molecule has 2 nitrogen and oxygen atoms in total. The lowest BCUT2D eigenvalue weighted by atomic mass is 9.85. The molecule has 0 aromatic heterocycles. The van der Waals surface area contributed by atoms with Gasteiger partial charge in [0.15, 0.2) is 0 Å². The minimum absolute atomic E-state index is 0.0301. The maximum atomic E-state index is 13.9. The van der Waals surface area contributed by atoms with Crippen LogP contribution in [-0.2, 0) is 10.3 Å². The summed E-state index contributed by atoms with van der Waals surface area (Å²) in [5.74, 6) is -0.842. The van der Waals surface area contributed by atoms with Crippen molar-refractivity contribution < 1.29 is 13.5 Å². The van der Waals surface area contributed by atoms with Crippen LogP contribution in [0.15, 0.2) is 12.1 Å². The summed E-state index contributed by atoms with van der Waals surface area (Å²) >= 11 is 0. The van der Waals surface area contributed by atoms with Crippen molar-refractivity contribution in [3.05, 3.63) is 34.9 Å². The number of hydrogen-bond acceptors (Lipinski definition) is 2. The first kappa shape index (κ1) is 12.5. The van der Waals surface area contributed by atoms with Crippen molar-refractivity contribution in [2.45, 2.75) is 38.3 Å². The maximum absolute atomic E-state index is 13.9. The monoisotopic (exact) mass is 241 g/mol. The average Bonchev–Trinajstić information content (AvgIpc) is 2.23. The van der Waals surface area contributed by atoms with Gasteiger partial charge in [0.1, 0.15) is 11.6 Å². The van der Waals surface area contributed by atoms with Gasteiger partial charge in [-0.15, -0.1) is 0 Å². The highest BCUT2D eigenvalue weighted by Crippen LogP contribution is 2.36. The predicted octanol–water partition coefficient (Wildman–Crippen LogP) is 2.63. The standard InChI is InChI=1S/C13H17F2NO/c1-8-5-12(15)10(6-11(8)14)13(2)7-9(16)3-4-17-13/h5-6,9H,3-4,7,16H2,1-2H3. The molecule has 1 aromatic rings. The average molecular weight is 241 g/mol. The molecule has 2 atom stereocenters. The minimum Gasteiger partial charge on any atom is -0.370 e. The molecule has 0 bridgehead atoms. The van der Waals surface area contributed by atoms with Gasteiger partial charge in [-0.1, -0.05) is 0 Å². The normalized spacial score (nSPS) is 29.4. The van der Waals surface area contributed by atoms with Crippen molar-refractivity contribution in [3.63, 3.8) is 0 Å². The van der Waals surface area contributed by atoms with Crippen molar-refractivity contribution in [2.75, 3.05) is 6.61 Å². The Hall–Kier alpha value is -1.00. The maximum Gasteiger partial charge on any atom is 0.129 e. The van der Waals surface area contributed by atoms with Crippen LogP contribution >= 0.6 is 0 Å². The summed E-state index contributed by atoms with van der Waals surface area (Å²) in [6.45, 7) is 3.78. The highest BCUT2D eigenvalue weighted by atomic mass is 19.1. The van der Waals surface area contributed by atoms with Crippen molar-refractivity contribution in [1.82, 2.24) is 0 Å². The van der Waals surface area contributed by atoms with Gasteiger partial charge in [0.05, 0.1) is 5.60 Å². The second-order valence-corrected chi connectivity index (χ2v) is 4.91. The lowest BCUT2D eigenvalue weighted by Crippen LogP contribution is -2.41. The lowest BCUT2D eigenvalue weighted by molar-refractivity contribution is -0.0787. The van der Waals surface area contributed by atoms with Crippen LogP contribution in [0.5, 0.6) is 0 Å².